The Hall–Kier alpha value is -2.09. The minimum atomic E-state index is -3.65. The maximum atomic E-state index is 12.8. The van der Waals surface area contributed by atoms with Gasteiger partial charge in [-0.05, 0) is 17.7 Å². The van der Waals surface area contributed by atoms with Gasteiger partial charge in [0.05, 0.1) is 26.9 Å². The van der Waals surface area contributed by atoms with Gasteiger partial charge in [-0.3, -0.25) is 0 Å². The summed E-state index contributed by atoms with van der Waals surface area (Å²) in [5.74, 6) is 0.770. The minimum Gasteiger partial charge on any atom is -0.497 e. The summed E-state index contributed by atoms with van der Waals surface area (Å²) in [5, 5.41) is 0. The van der Waals surface area contributed by atoms with E-state index in [4.69, 9.17) is 14.2 Å². The molecule has 3 rings (SSSR count). The van der Waals surface area contributed by atoms with Crippen molar-refractivity contribution in [2.45, 2.75) is 17.6 Å². The molecule has 0 amide bonds. The quantitative estimate of drug-likeness (QED) is 0.755. The molecule has 2 aromatic carbocycles. The van der Waals surface area contributed by atoms with Crippen LogP contribution in [-0.2, 0) is 21.4 Å². The Balaban J connectivity index is 1.65. The van der Waals surface area contributed by atoms with Crippen molar-refractivity contribution in [1.82, 2.24) is 4.31 Å². The van der Waals surface area contributed by atoms with Gasteiger partial charge in [-0.1, -0.05) is 30.3 Å². The Bertz CT molecular complexity index is 817. The van der Waals surface area contributed by atoms with Crippen molar-refractivity contribution < 1.29 is 22.6 Å². The fourth-order valence-corrected chi connectivity index (χ4v) is 4.29. The summed E-state index contributed by atoms with van der Waals surface area (Å²) >= 11 is 0. The standard InChI is InChI=1S/C18H21NO5S/c1-22-15-8-9-17(23-2)18(10-15)25(20,21)19-11-16(12-19)24-13-14-6-4-3-5-7-14/h3-10,16H,11-13H2,1-2H3. The summed E-state index contributed by atoms with van der Waals surface area (Å²) in [4.78, 5) is 0.107. The van der Waals surface area contributed by atoms with Crippen molar-refractivity contribution in [3.63, 3.8) is 0 Å². The lowest BCUT2D eigenvalue weighted by Crippen LogP contribution is -2.54. The van der Waals surface area contributed by atoms with E-state index in [1.807, 2.05) is 30.3 Å². The molecule has 7 heteroatoms. The van der Waals surface area contributed by atoms with Crippen molar-refractivity contribution >= 4 is 10.0 Å². The first-order valence-electron chi connectivity index (χ1n) is 7.92. The zero-order valence-corrected chi connectivity index (χ0v) is 15.0. The summed E-state index contributed by atoms with van der Waals surface area (Å²) < 4.78 is 43.1. The maximum Gasteiger partial charge on any atom is 0.247 e. The molecule has 0 N–H and O–H groups in total. The van der Waals surface area contributed by atoms with Crippen molar-refractivity contribution in [2.24, 2.45) is 0 Å². The molecule has 0 aliphatic carbocycles. The van der Waals surface area contributed by atoms with Crippen molar-refractivity contribution in [1.29, 1.82) is 0 Å². The predicted molar refractivity (Wildman–Crippen MR) is 93.3 cm³/mol. The van der Waals surface area contributed by atoms with E-state index in [9.17, 15) is 8.42 Å². The first kappa shape index (κ1) is 17.7. The molecule has 0 saturated carbocycles. The highest BCUT2D eigenvalue weighted by Crippen LogP contribution is 2.33. The molecule has 134 valence electrons. The van der Waals surface area contributed by atoms with Crippen LogP contribution in [0.25, 0.3) is 0 Å². The molecular formula is C18H21NO5S. The topological polar surface area (TPSA) is 65.1 Å². The smallest absolute Gasteiger partial charge is 0.247 e. The van der Waals surface area contributed by atoms with E-state index in [0.29, 0.717) is 31.2 Å². The summed E-state index contributed by atoms with van der Waals surface area (Å²) in [6.45, 7) is 1.13. The maximum absolute atomic E-state index is 12.8. The number of hydrogen-bond acceptors (Lipinski definition) is 5. The van der Waals surface area contributed by atoms with Gasteiger partial charge in [0.2, 0.25) is 10.0 Å². The third-order valence-electron chi connectivity index (χ3n) is 4.13. The van der Waals surface area contributed by atoms with Gasteiger partial charge in [0, 0.05) is 19.2 Å². The molecule has 0 radical (unpaired) electrons. The monoisotopic (exact) mass is 363 g/mol. The molecule has 0 unspecified atom stereocenters. The van der Waals surface area contributed by atoms with E-state index in [1.54, 1.807) is 12.1 Å². The Morgan fingerprint density at radius 1 is 1.04 bits per heavy atom. The average molecular weight is 363 g/mol. The summed E-state index contributed by atoms with van der Waals surface area (Å²) in [6, 6.07) is 14.5. The lowest BCUT2D eigenvalue weighted by atomic mass is 10.2. The number of methoxy groups -OCH3 is 2. The first-order valence-corrected chi connectivity index (χ1v) is 9.36. The Morgan fingerprint density at radius 2 is 1.76 bits per heavy atom. The number of ether oxygens (including phenoxy) is 3. The molecule has 1 saturated heterocycles. The molecule has 25 heavy (non-hydrogen) atoms. The SMILES string of the molecule is COc1ccc(OC)c(S(=O)(=O)N2CC(OCc3ccccc3)C2)c1. The second-order valence-corrected chi connectivity index (χ2v) is 7.66. The molecule has 0 bridgehead atoms. The van der Waals surface area contributed by atoms with Crippen LogP contribution in [0.4, 0.5) is 0 Å². The third kappa shape index (κ3) is 3.78. The van der Waals surface area contributed by atoms with Crippen LogP contribution in [0.5, 0.6) is 11.5 Å². The van der Waals surface area contributed by atoms with Crippen LogP contribution in [0, 0.1) is 0 Å². The van der Waals surface area contributed by atoms with Gasteiger partial charge < -0.3 is 14.2 Å². The summed E-state index contributed by atoms with van der Waals surface area (Å²) in [5.41, 5.74) is 1.07. The number of sulfonamides is 1. The first-order chi connectivity index (χ1) is 12.0. The molecule has 6 nitrogen and oxygen atoms in total. The highest BCUT2D eigenvalue weighted by Gasteiger charge is 2.39. The minimum absolute atomic E-state index is 0.105. The number of rotatable bonds is 7. The van der Waals surface area contributed by atoms with Gasteiger partial charge in [-0.15, -0.1) is 0 Å². The molecule has 2 aromatic rings. The predicted octanol–water partition coefficient (Wildman–Crippen LogP) is 2.29. The van der Waals surface area contributed by atoms with Gasteiger partial charge in [-0.25, -0.2) is 8.42 Å². The van der Waals surface area contributed by atoms with E-state index in [2.05, 4.69) is 0 Å². The van der Waals surface area contributed by atoms with E-state index in [1.165, 1.54) is 24.6 Å². The molecule has 0 atom stereocenters. The normalized spacial score (nSPS) is 15.6. The molecule has 0 aromatic heterocycles. The van der Waals surface area contributed by atoms with Gasteiger partial charge in [0.25, 0.3) is 0 Å². The Morgan fingerprint density at radius 3 is 2.40 bits per heavy atom. The number of hydrogen-bond donors (Lipinski definition) is 0. The van der Waals surface area contributed by atoms with Gasteiger partial charge in [0.1, 0.15) is 16.4 Å². The average Bonchev–Trinajstić information content (AvgIpc) is 2.60. The van der Waals surface area contributed by atoms with Crippen LogP contribution < -0.4 is 9.47 Å². The molecular weight excluding hydrogens is 342 g/mol. The van der Waals surface area contributed by atoms with Gasteiger partial charge in [-0.2, -0.15) is 4.31 Å². The third-order valence-corrected chi connectivity index (χ3v) is 5.98. The number of benzene rings is 2. The highest BCUT2D eigenvalue weighted by molar-refractivity contribution is 7.89. The second kappa shape index (κ2) is 7.43. The van der Waals surface area contributed by atoms with Crippen molar-refractivity contribution in [2.75, 3.05) is 27.3 Å². The molecule has 1 fully saturated rings. The largest absolute Gasteiger partial charge is 0.497 e. The molecule has 1 aliphatic heterocycles. The molecule has 1 heterocycles. The van der Waals surface area contributed by atoms with Crippen LogP contribution in [-0.4, -0.2) is 46.1 Å². The fraction of sp³-hybridized carbons (Fsp3) is 0.333. The van der Waals surface area contributed by atoms with Crippen LogP contribution in [0.2, 0.25) is 0 Å². The van der Waals surface area contributed by atoms with E-state index in [-0.39, 0.29) is 11.0 Å². The van der Waals surface area contributed by atoms with Gasteiger partial charge >= 0.3 is 0 Å². The van der Waals surface area contributed by atoms with E-state index in [0.717, 1.165) is 5.56 Å². The number of nitrogens with zero attached hydrogens (tertiary/aromatic N) is 1. The van der Waals surface area contributed by atoms with Crippen molar-refractivity contribution in [3.8, 4) is 11.5 Å². The molecule has 0 spiro atoms. The zero-order valence-electron chi connectivity index (χ0n) is 14.2. The Labute approximate surface area is 148 Å². The van der Waals surface area contributed by atoms with Gasteiger partial charge in [0.15, 0.2) is 0 Å². The van der Waals surface area contributed by atoms with Crippen LogP contribution >= 0.6 is 0 Å². The van der Waals surface area contributed by atoms with Crippen molar-refractivity contribution in [3.05, 3.63) is 54.1 Å². The highest BCUT2D eigenvalue weighted by atomic mass is 32.2. The fourth-order valence-electron chi connectivity index (χ4n) is 2.62. The summed E-state index contributed by atoms with van der Waals surface area (Å²) in [6.07, 6.45) is -0.105. The lowest BCUT2D eigenvalue weighted by molar-refractivity contribution is -0.0296. The summed E-state index contributed by atoms with van der Waals surface area (Å²) in [7, 11) is -0.703. The van der Waals surface area contributed by atoms with E-state index < -0.39 is 10.0 Å². The second-order valence-electron chi connectivity index (χ2n) is 5.76. The lowest BCUT2D eigenvalue weighted by Gasteiger charge is -2.37. The van der Waals surface area contributed by atoms with Crippen LogP contribution in [0.3, 0.4) is 0 Å². The Kier molecular flexibility index (Phi) is 5.27. The van der Waals surface area contributed by atoms with Crippen LogP contribution in [0.15, 0.2) is 53.4 Å². The van der Waals surface area contributed by atoms with E-state index >= 15 is 0 Å². The molecule has 1 aliphatic rings. The zero-order chi connectivity index (χ0) is 17.9. The van der Waals surface area contributed by atoms with Crippen LogP contribution in [0.1, 0.15) is 5.56 Å².